The molecule has 0 saturated heterocycles. The maximum atomic E-state index is 11.1. The fourth-order valence-corrected chi connectivity index (χ4v) is 2.12. The van der Waals surface area contributed by atoms with Crippen LogP contribution in [-0.4, -0.2) is 34.4 Å². The zero-order chi connectivity index (χ0) is 15.1. The fraction of sp³-hybridized carbons (Fsp3) is 0.353. The molecule has 0 aliphatic heterocycles. The smallest absolute Gasteiger partial charge is 0.219 e. The van der Waals surface area contributed by atoms with E-state index in [4.69, 9.17) is 0 Å². The van der Waals surface area contributed by atoms with Crippen LogP contribution in [0.15, 0.2) is 42.7 Å². The second-order valence-electron chi connectivity index (χ2n) is 5.21. The molecule has 0 spiro atoms. The van der Waals surface area contributed by atoms with Crippen molar-refractivity contribution in [3.63, 3.8) is 0 Å². The molecule has 0 radical (unpaired) electrons. The normalized spacial score (nSPS) is 10.4. The Morgan fingerprint density at radius 3 is 2.57 bits per heavy atom. The Balaban J connectivity index is 1.90. The molecule has 2 rings (SSSR count). The molecule has 0 N–H and O–H groups in total. The largest absolute Gasteiger partial charge is 0.346 e. The fourth-order valence-electron chi connectivity index (χ4n) is 2.12. The van der Waals surface area contributed by atoms with Gasteiger partial charge in [-0.15, -0.1) is 0 Å². The summed E-state index contributed by atoms with van der Waals surface area (Å²) in [6.45, 7) is 2.33. The summed E-state index contributed by atoms with van der Waals surface area (Å²) in [4.78, 5) is 21.8. The zero-order valence-electron chi connectivity index (χ0n) is 12.6. The summed E-state index contributed by atoms with van der Waals surface area (Å²) in [5, 5.41) is 0. The number of carbonyl (C=O) groups excluding carboxylic acids is 1. The molecule has 21 heavy (non-hydrogen) atoms. The van der Waals surface area contributed by atoms with Crippen molar-refractivity contribution in [1.82, 2.24) is 14.9 Å². The topological polar surface area (TPSA) is 46.1 Å². The van der Waals surface area contributed by atoms with Crippen molar-refractivity contribution in [2.75, 3.05) is 13.6 Å². The summed E-state index contributed by atoms with van der Waals surface area (Å²) in [7, 11) is 1.82. The van der Waals surface area contributed by atoms with Gasteiger partial charge in [0.25, 0.3) is 0 Å². The van der Waals surface area contributed by atoms with Gasteiger partial charge in [-0.3, -0.25) is 14.8 Å². The molecule has 1 amide bonds. The summed E-state index contributed by atoms with van der Waals surface area (Å²) >= 11 is 0. The molecule has 110 valence electrons. The molecule has 0 aliphatic rings. The van der Waals surface area contributed by atoms with E-state index in [0.29, 0.717) is 0 Å². The van der Waals surface area contributed by atoms with E-state index in [0.717, 1.165) is 37.2 Å². The van der Waals surface area contributed by atoms with Crippen molar-refractivity contribution >= 4 is 5.91 Å². The second kappa shape index (κ2) is 7.53. The van der Waals surface area contributed by atoms with Crippen LogP contribution in [0.5, 0.6) is 0 Å². The first-order valence-electron chi connectivity index (χ1n) is 7.20. The highest BCUT2D eigenvalue weighted by Gasteiger charge is 2.04. The molecule has 1 heterocycles. The number of hydrogen-bond donors (Lipinski definition) is 0. The number of carbonyl (C=O) groups is 1. The highest BCUT2D eigenvalue weighted by molar-refractivity contribution is 5.72. The molecular formula is C17H21N3O. The summed E-state index contributed by atoms with van der Waals surface area (Å²) < 4.78 is 0. The van der Waals surface area contributed by atoms with Crippen LogP contribution in [0.3, 0.4) is 0 Å². The Labute approximate surface area is 125 Å². The van der Waals surface area contributed by atoms with Crippen LogP contribution < -0.4 is 0 Å². The van der Waals surface area contributed by atoms with Gasteiger partial charge in [-0.05, 0) is 18.4 Å². The van der Waals surface area contributed by atoms with Gasteiger partial charge in [0.05, 0.1) is 11.4 Å². The number of amides is 1. The van der Waals surface area contributed by atoms with Crippen LogP contribution in [0.1, 0.15) is 30.3 Å². The Kier molecular flexibility index (Phi) is 5.43. The third-order valence-corrected chi connectivity index (χ3v) is 3.43. The Morgan fingerprint density at radius 2 is 1.86 bits per heavy atom. The zero-order valence-corrected chi connectivity index (χ0v) is 12.6. The highest BCUT2D eigenvalue weighted by Crippen LogP contribution is 2.07. The summed E-state index contributed by atoms with van der Waals surface area (Å²) in [6.07, 6.45) is 6.17. The number of hydrogen-bond acceptors (Lipinski definition) is 3. The SMILES string of the molecule is CC(=O)N(C)CCCc1cncc(Cc2ccccc2)n1. The van der Waals surface area contributed by atoms with Gasteiger partial charge >= 0.3 is 0 Å². The third-order valence-electron chi connectivity index (χ3n) is 3.43. The van der Waals surface area contributed by atoms with Gasteiger partial charge in [-0.1, -0.05) is 30.3 Å². The average Bonchev–Trinajstić information content (AvgIpc) is 2.48. The maximum absolute atomic E-state index is 11.1. The predicted octanol–water partition coefficient (Wildman–Crippen LogP) is 2.48. The van der Waals surface area contributed by atoms with E-state index in [1.54, 1.807) is 11.8 Å². The number of aryl methyl sites for hydroxylation is 1. The van der Waals surface area contributed by atoms with Gasteiger partial charge in [-0.25, -0.2) is 0 Å². The first kappa shape index (κ1) is 15.2. The summed E-state index contributed by atoms with van der Waals surface area (Å²) in [6, 6.07) is 10.3. The van der Waals surface area contributed by atoms with E-state index in [-0.39, 0.29) is 5.91 Å². The predicted molar refractivity (Wildman–Crippen MR) is 82.9 cm³/mol. The number of nitrogens with zero attached hydrogens (tertiary/aromatic N) is 3. The minimum atomic E-state index is 0.0962. The Bertz CT molecular complexity index is 584. The molecule has 0 unspecified atom stereocenters. The molecule has 2 aromatic rings. The van der Waals surface area contributed by atoms with Gasteiger partial charge in [-0.2, -0.15) is 0 Å². The molecule has 0 fully saturated rings. The Hall–Kier alpha value is -2.23. The van der Waals surface area contributed by atoms with Crippen LogP contribution >= 0.6 is 0 Å². The molecule has 0 bridgehead atoms. The van der Waals surface area contributed by atoms with Crippen molar-refractivity contribution in [3.8, 4) is 0 Å². The molecule has 1 aromatic carbocycles. The average molecular weight is 283 g/mol. The minimum Gasteiger partial charge on any atom is -0.346 e. The Morgan fingerprint density at radius 1 is 1.14 bits per heavy atom. The van der Waals surface area contributed by atoms with Gasteiger partial charge in [0, 0.05) is 39.3 Å². The van der Waals surface area contributed by atoms with E-state index < -0.39 is 0 Å². The number of rotatable bonds is 6. The van der Waals surface area contributed by atoms with Crippen molar-refractivity contribution in [1.29, 1.82) is 0 Å². The lowest BCUT2D eigenvalue weighted by Crippen LogP contribution is -2.25. The first-order chi connectivity index (χ1) is 10.1. The van der Waals surface area contributed by atoms with Crippen LogP contribution in [0.2, 0.25) is 0 Å². The van der Waals surface area contributed by atoms with E-state index in [9.17, 15) is 4.79 Å². The maximum Gasteiger partial charge on any atom is 0.219 e. The quantitative estimate of drug-likeness (QED) is 0.818. The van der Waals surface area contributed by atoms with Gasteiger partial charge in [0.15, 0.2) is 0 Å². The van der Waals surface area contributed by atoms with Gasteiger partial charge in [0.2, 0.25) is 5.91 Å². The lowest BCUT2D eigenvalue weighted by molar-refractivity contribution is -0.127. The molecule has 0 aliphatic carbocycles. The van der Waals surface area contributed by atoms with Crippen LogP contribution in [0.25, 0.3) is 0 Å². The molecule has 4 heteroatoms. The van der Waals surface area contributed by atoms with E-state index in [2.05, 4.69) is 22.1 Å². The number of benzene rings is 1. The second-order valence-corrected chi connectivity index (χ2v) is 5.21. The lowest BCUT2D eigenvalue weighted by Gasteiger charge is -2.14. The number of aromatic nitrogens is 2. The summed E-state index contributed by atoms with van der Waals surface area (Å²) in [5.74, 6) is 0.0962. The molecule has 4 nitrogen and oxygen atoms in total. The van der Waals surface area contributed by atoms with Crippen LogP contribution in [0, 0.1) is 0 Å². The van der Waals surface area contributed by atoms with Crippen LogP contribution in [-0.2, 0) is 17.6 Å². The summed E-state index contributed by atoms with van der Waals surface area (Å²) in [5.41, 5.74) is 3.21. The standard InChI is InChI=1S/C17H21N3O/c1-14(21)20(2)10-6-9-16-12-18-13-17(19-16)11-15-7-4-3-5-8-15/h3-5,7-8,12-13H,6,9-11H2,1-2H3. The molecule has 0 atom stereocenters. The molecule has 1 aromatic heterocycles. The van der Waals surface area contributed by atoms with Crippen molar-refractivity contribution < 1.29 is 4.79 Å². The molecule has 0 saturated carbocycles. The van der Waals surface area contributed by atoms with E-state index in [1.165, 1.54) is 5.56 Å². The van der Waals surface area contributed by atoms with Crippen molar-refractivity contribution in [2.24, 2.45) is 0 Å². The van der Waals surface area contributed by atoms with Gasteiger partial charge in [0.1, 0.15) is 0 Å². The van der Waals surface area contributed by atoms with Crippen molar-refractivity contribution in [3.05, 3.63) is 59.7 Å². The highest BCUT2D eigenvalue weighted by atomic mass is 16.2. The first-order valence-corrected chi connectivity index (χ1v) is 7.20. The lowest BCUT2D eigenvalue weighted by atomic mass is 10.1. The minimum absolute atomic E-state index is 0.0962. The molecular weight excluding hydrogens is 262 g/mol. The van der Waals surface area contributed by atoms with E-state index >= 15 is 0 Å². The van der Waals surface area contributed by atoms with Crippen LogP contribution in [0.4, 0.5) is 0 Å². The third kappa shape index (κ3) is 4.99. The van der Waals surface area contributed by atoms with Gasteiger partial charge < -0.3 is 4.90 Å². The van der Waals surface area contributed by atoms with E-state index in [1.807, 2.05) is 37.6 Å². The van der Waals surface area contributed by atoms with Crippen molar-refractivity contribution in [2.45, 2.75) is 26.2 Å². The monoisotopic (exact) mass is 283 g/mol.